The molecule has 1 unspecified atom stereocenters. The summed E-state index contributed by atoms with van der Waals surface area (Å²) in [5, 5.41) is 9.62. The van der Waals surface area contributed by atoms with Gasteiger partial charge >= 0.3 is 0 Å². The van der Waals surface area contributed by atoms with E-state index in [2.05, 4.69) is 6.58 Å². The zero-order chi connectivity index (χ0) is 12.0. The molecule has 3 nitrogen and oxygen atoms in total. The molecule has 0 heterocycles. The first kappa shape index (κ1) is 12.5. The minimum atomic E-state index is -1.00. The standard InChI is InChI=1S/C13H17NO2/c1-3-12(15)13(16)10-14(4-2)11-8-6-5-7-9-11/h3,5-9,13,16H,1,4,10H2,2H3. The summed E-state index contributed by atoms with van der Waals surface area (Å²) in [6.45, 7) is 6.38. The van der Waals surface area contributed by atoms with Crippen molar-refractivity contribution >= 4 is 11.5 Å². The molecular formula is C13H17NO2. The molecule has 1 N–H and O–H groups in total. The van der Waals surface area contributed by atoms with Gasteiger partial charge in [-0.25, -0.2) is 0 Å². The van der Waals surface area contributed by atoms with Crippen LogP contribution >= 0.6 is 0 Å². The van der Waals surface area contributed by atoms with Gasteiger partial charge in [0.15, 0.2) is 5.78 Å². The summed E-state index contributed by atoms with van der Waals surface area (Å²) >= 11 is 0. The second-order valence-corrected chi connectivity index (χ2v) is 3.50. The van der Waals surface area contributed by atoms with Crippen molar-refractivity contribution in [2.75, 3.05) is 18.0 Å². The van der Waals surface area contributed by atoms with Gasteiger partial charge in [-0.15, -0.1) is 0 Å². The summed E-state index contributed by atoms with van der Waals surface area (Å²) in [7, 11) is 0. The predicted octanol–water partition coefficient (Wildman–Crippen LogP) is 1.63. The number of rotatable bonds is 6. The molecule has 0 saturated heterocycles. The lowest BCUT2D eigenvalue weighted by Gasteiger charge is -2.24. The van der Waals surface area contributed by atoms with Gasteiger partial charge in [-0.05, 0) is 25.1 Å². The normalized spacial score (nSPS) is 11.9. The highest BCUT2D eigenvalue weighted by atomic mass is 16.3. The summed E-state index contributed by atoms with van der Waals surface area (Å²) in [5.74, 6) is -0.339. The van der Waals surface area contributed by atoms with Gasteiger partial charge in [-0.2, -0.15) is 0 Å². The molecule has 0 spiro atoms. The number of carbonyl (C=O) groups excluding carboxylic acids is 1. The van der Waals surface area contributed by atoms with Crippen molar-refractivity contribution in [1.29, 1.82) is 0 Å². The first-order valence-electron chi connectivity index (χ1n) is 5.33. The average Bonchev–Trinajstić information content (AvgIpc) is 2.35. The average molecular weight is 219 g/mol. The van der Waals surface area contributed by atoms with E-state index in [1.165, 1.54) is 0 Å². The Morgan fingerprint density at radius 1 is 1.50 bits per heavy atom. The van der Waals surface area contributed by atoms with Gasteiger partial charge in [-0.3, -0.25) is 4.79 Å². The molecular weight excluding hydrogens is 202 g/mol. The molecule has 0 aliphatic rings. The number of para-hydroxylation sites is 1. The maximum absolute atomic E-state index is 11.2. The molecule has 0 aliphatic heterocycles. The lowest BCUT2D eigenvalue weighted by molar-refractivity contribution is -0.121. The van der Waals surface area contributed by atoms with E-state index in [1.54, 1.807) is 0 Å². The molecule has 3 heteroatoms. The Hall–Kier alpha value is -1.61. The van der Waals surface area contributed by atoms with E-state index in [4.69, 9.17) is 0 Å². The number of hydrogen-bond acceptors (Lipinski definition) is 3. The van der Waals surface area contributed by atoms with Crippen molar-refractivity contribution in [3.05, 3.63) is 43.0 Å². The lowest BCUT2D eigenvalue weighted by atomic mass is 10.2. The van der Waals surface area contributed by atoms with Crippen LogP contribution in [0.4, 0.5) is 5.69 Å². The van der Waals surface area contributed by atoms with Crippen LogP contribution in [0.1, 0.15) is 6.92 Å². The van der Waals surface area contributed by atoms with Crippen molar-refractivity contribution in [2.45, 2.75) is 13.0 Å². The fraction of sp³-hybridized carbons (Fsp3) is 0.308. The van der Waals surface area contributed by atoms with E-state index < -0.39 is 6.10 Å². The van der Waals surface area contributed by atoms with Gasteiger partial charge in [0.05, 0.1) is 6.54 Å². The minimum absolute atomic E-state index is 0.297. The molecule has 0 bridgehead atoms. The predicted molar refractivity (Wildman–Crippen MR) is 65.5 cm³/mol. The molecule has 1 atom stereocenters. The van der Waals surface area contributed by atoms with Crippen LogP contribution in [0.5, 0.6) is 0 Å². The van der Waals surface area contributed by atoms with Crippen molar-refractivity contribution in [1.82, 2.24) is 0 Å². The molecule has 0 saturated carbocycles. The van der Waals surface area contributed by atoms with Crippen LogP contribution in [0.3, 0.4) is 0 Å². The van der Waals surface area contributed by atoms with E-state index in [-0.39, 0.29) is 5.78 Å². The van der Waals surface area contributed by atoms with E-state index in [1.807, 2.05) is 42.2 Å². The second-order valence-electron chi connectivity index (χ2n) is 3.50. The smallest absolute Gasteiger partial charge is 0.185 e. The first-order chi connectivity index (χ1) is 7.69. The number of aliphatic hydroxyl groups is 1. The zero-order valence-electron chi connectivity index (χ0n) is 9.47. The molecule has 16 heavy (non-hydrogen) atoms. The number of anilines is 1. The van der Waals surface area contributed by atoms with Gasteiger partial charge in [0, 0.05) is 12.2 Å². The summed E-state index contributed by atoms with van der Waals surface area (Å²) in [5.41, 5.74) is 1.00. The number of hydrogen-bond donors (Lipinski definition) is 1. The Kier molecular flexibility index (Phi) is 4.73. The van der Waals surface area contributed by atoms with Crippen LogP contribution in [0.15, 0.2) is 43.0 Å². The molecule has 1 aromatic rings. The number of carbonyl (C=O) groups is 1. The third-order valence-electron chi connectivity index (χ3n) is 2.43. The maximum atomic E-state index is 11.2. The highest BCUT2D eigenvalue weighted by molar-refractivity contribution is 5.93. The Balaban J connectivity index is 2.70. The van der Waals surface area contributed by atoms with Gasteiger partial charge in [0.25, 0.3) is 0 Å². The highest BCUT2D eigenvalue weighted by Gasteiger charge is 2.15. The van der Waals surface area contributed by atoms with E-state index >= 15 is 0 Å². The van der Waals surface area contributed by atoms with Gasteiger partial charge < -0.3 is 10.0 Å². The largest absolute Gasteiger partial charge is 0.383 e. The summed E-state index contributed by atoms with van der Waals surface area (Å²) in [6.07, 6.45) is 0.154. The number of ketones is 1. The minimum Gasteiger partial charge on any atom is -0.383 e. The quantitative estimate of drug-likeness (QED) is 0.739. The Morgan fingerprint density at radius 3 is 2.62 bits per heavy atom. The van der Waals surface area contributed by atoms with Gasteiger partial charge in [-0.1, -0.05) is 24.8 Å². The van der Waals surface area contributed by atoms with Gasteiger partial charge in [0.2, 0.25) is 0 Å². The van der Waals surface area contributed by atoms with E-state index in [0.29, 0.717) is 6.54 Å². The number of likely N-dealkylation sites (N-methyl/N-ethyl adjacent to an activating group) is 1. The van der Waals surface area contributed by atoms with Crippen LogP contribution < -0.4 is 4.90 Å². The van der Waals surface area contributed by atoms with Crippen LogP contribution in [0.25, 0.3) is 0 Å². The topological polar surface area (TPSA) is 40.5 Å². The van der Waals surface area contributed by atoms with Crippen LogP contribution in [-0.4, -0.2) is 30.1 Å². The van der Waals surface area contributed by atoms with E-state index in [0.717, 1.165) is 18.3 Å². The Bertz CT molecular complexity index is 348. The SMILES string of the molecule is C=CC(=O)C(O)CN(CC)c1ccccc1. The highest BCUT2D eigenvalue weighted by Crippen LogP contribution is 2.13. The summed E-state index contributed by atoms with van der Waals surface area (Å²) < 4.78 is 0. The number of benzene rings is 1. The summed E-state index contributed by atoms with van der Waals surface area (Å²) in [6, 6.07) is 9.70. The molecule has 1 rings (SSSR count). The van der Waals surface area contributed by atoms with Crippen molar-refractivity contribution in [3.8, 4) is 0 Å². The fourth-order valence-corrected chi connectivity index (χ4v) is 1.49. The Morgan fingerprint density at radius 2 is 2.12 bits per heavy atom. The molecule has 1 aromatic carbocycles. The third-order valence-corrected chi connectivity index (χ3v) is 2.43. The maximum Gasteiger partial charge on any atom is 0.185 e. The van der Waals surface area contributed by atoms with E-state index in [9.17, 15) is 9.90 Å². The van der Waals surface area contributed by atoms with Crippen LogP contribution in [0, 0.1) is 0 Å². The second kappa shape index (κ2) is 6.08. The van der Waals surface area contributed by atoms with Crippen molar-refractivity contribution in [2.24, 2.45) is 0 Å². The monoisotopic (exact) mass is 219 g/mol. The van der Waals surface area contributed by atoms with Crippen LogP contribution in [0.2, 0.25) is 0 Å². The van der Waals surface area contributed by atoms with Gasteiger partial charge in [0.1, 0.15) is 6.10 Å². The summed E-state index contributed by atoms with van der Waals surface area (Å²) in [4.78, 5) is 13.2. The van der Waals surface area contributed by atoms with Crippen molar-refractivity contribution < 1.29 is 9.90 Å². The first-order valence-corrected chi connectivity index (χ1v) is 5.33. The molecule has 0 aromatic heterocycles. The molecule has 0 fully saturated rings. The zero-order valence-corrected chi connectivity index (χ0v) is 9.47. The molecule has 0 aliphatic carbocycles. The molecule has 0 radical (unpaired) electrons. The Labute approximate surface area is 96.0 Å². The third kappa shape index (κ3) is 3.21. The molecule has 0 amide bonds. The van der Waals surface area contributed by atoms with Crippen LogP contribution in [-0.2, 0) is 4.79 Å². The molecule has 86 valence electrons. The fourth-order valence-electron chi connectivity index (χ4n) is 1.49. The number of aliphatic hydroxyl groups excluding tert-OH is 1. The number of nitrogens with zero attached hydrogens (tertiary/aromatic N) is 1. The van der Waals surface area contributed by atoms with Crippen molar-refractivity contribution in [3.63, 3.8) is 0 Å². The lowest BCUT2D eigenvalue weighted by Crippen LogP contribution is -2.36.